The van der Waals surface area contributed by atoms with Gasteiger partial charge in [-0.2, -0.15) is 0 Å². The minimum atomic E-state index is -0.260. The van der Waals surface area contributed by atoms with Crippen LogP contribution in [-0.2, 0) is 11.8 Å². The van der Waals surface area contributed by atoms with E-state index >= 15 is 0 Å². The molecular formula is C18H19ClFN. The highest BCUT2D eigenvalue weighted by atomic mass is 35.5. The molecule has 0 saturated heterocycles. The topological polar surface area (TPSA) is 26.0 Å². The number of rotatable bonds is 4. The number of halogens is 2. The minimum Gasteiger partial charge on any atom is -0.327 e. The molecule has 3 heteroatoms. The zero-order valence-corrected chi connectivity index (χ0v) is 12.6. The third-order valence-electron chi connectivity index (χ3n) is 4.75. The molecule has 2 aromatic carbocycles. The van der Waals surface area contributed by atoms with Crippen molar-refractivity contribution in [1.82, 2.24) is 0 Å². The summed E-state index contributed by atoms with van der Waals surface area (Å²) < 4.78 is 13.4. The Labute approximate surface area is 129 Å². The average molecular weight is 304 g/mol. The second kappa shape index (κ2) is 5.78. The Balaban J connectivity index is 1.87. The largest absolute Gasteiger partial charge is 0.327 e. The molecule has 0 spiro atoms. The van der Waals surface area contributed by atoms with E-state index in [2.05, 4.69) is 24.3 Å². The van der Waals surface area contributed by atoms with E-state index in [4.69, 9.17) is 17.3 Å². The fourth-order valence-electron chi connectivity index (χ4n) is 3.33. The summed E-state index contributed by atoms with van der Waals surface area (Å²) in [5, 5.41) is 0.592. The molecule has 0 heterocycles. The van der Waals surface area contributed by atoms with Gasteiger partial charge in [0.25, 0.3) is 0 Å². The van der Waals surface area contributed by atoms with E-state index in [9.17, 15) is 4.39 Å². The van der Waals surface area contributed by atoms with Crippen molar-refractivity contribution in [2.45, 2.75) is 37.1 Å². The van der Waals surface area contributed by atoms with Crippen LogP contribution in [0.2, 0.25) is 5.02 Å². The van der Waals surface area contributed by atoms with Crippen molar-refractivity contribution < 1.29 is 4.39 Å². The Bertz CT molecular complexity index is 622. The summed E-state index contributed by atoms with van der Waals surface area (Å²) in [6.07, 6.45) is 3.97. The fraction of sp³-hybridized carbons (Fsp3) is 0.333. The van der Waals surface area contributed by atoms with Crippen molar-refractivity contribution >= 4 is 11.6 Å². The third kappa shape index (κ3) is 2.70. The molecule has 0 radical (unpaired) electrons. The van der Waals surface area contributed by atoms with Gasteiger partial charge in [0.2, 0.25) is 0 Å². The van der Waals surface area contributed by atoms with Gasteiger partial charge in [0.05, 0.1) is 0 Å². The predicted molar refractivity (Wildman–Crippen MR) is 85.1 cm³/mol. The minimum absolute atomic E-state index is 0.0108. The second-order valence-corrected chi connectivity index (χ2v) is 6.33. The number of benzene rings is 2. The molecule has 1 nitrogen and oxygen atoms in total. The molecule has 0 aliphatic heterocycles. The Kier molecular flexibility index (Phi) is 4.01. The van der Waals surface area contributed by atoms with Gasteiger partial charge in [0, 0.05) is 16.5 Å². The molecule has 1 fully saturated rings. The molecular weight excluding hydrogens is 285 g/mol. The van der Waals surface area contributed by atoms with Crippen molar-refractivity contribution in [3.8, 4) is 0 Å². The highest BCUT2D eigenvalue weighted by Crippen LogP contribution is 2.46. The molecule has 1 aliphatic carbocycles. The predicted octanol–water partition coefficient (Wildman–Crippen LogP) is 4.47. The van der Waals surface area contributed by atoms with Crippen LogP contribution in [0.15, 0.2) is 48.5 Å². The monoisotopic (exact) mass is 303 g/mol. The second-order valence-electron chi connectivity index (χ2n) is 5.92. The fourth-order valence-corrected chi connectivity index (χ4v) is 3.53. The van der Waals surface area contributed by atoms with Gasteiger partial charge in [0.1, 0.15) is 5.82 Å². The normalized spacial score (nSPS) is 18.0. The van der Waals surface area contributed by atoms with E-state index in [1.54, 1.807) is 6.07 Å². The van der Waals surface area contributed by atoms with Crippen LogP contribution < -0.4 is 5.73 Å². The van der Waals surface area contributed by atoms with Gasteiger partial charge in [-0.1, -0.05) is 48.4 Å². The van der Waals surface area contributed by atoms with E-state index in [1.807, 2.05) is 6.07 Å². The van der Waals surface area contributed by atoms with E-state index in [-0.39, 0.29) is 17.3 Å². The lowest BCUT2D eigenvalue weighted by Crippen LogP contribution is -2.51. The summed E-state index contributed by atoms with van der Waals surface area (Å²) in [6, 6.07) is 14.9. The summed E-state index contributed by atoms with van der Waals surface area (Å²) in [6.45, 7) is 0. The first kappa shape index (κ1) is 14.6. The third-order valence-corrected chi connectivity index (χ3v) is 5.12. The Hall–Kier alpha value is -1.38. The van der Waals surface area contributed by atoms with Gasteiger partial charge in [0.15, 0.2) is 0 Å². The van der Waals surface area contributed by atoms with E-state index in [0.29, 0.717) is 11.4 Å². The maximum Gasteiger partial charge on any atom is 0.123 e. The molecule has 110 valence electrons. The molecule has 3 rings (SSSR count). The van der Waals surface area contributed by atoms with Crippen molar-refractivity contribution in [1.29, 1.82) is 0 Å². The highest BCUT2D eigenvalue weighted by Gasteiger charge is 2.43. The van der Waals surface area contributed by atoms with E-state index in [0.717, 1.165) is 18.4 Å². The molecule has 1 unspecified atom stereocenters. The van der Waals surface area contributed by atoms with Gasteiger partial charge in [-0.3, -0.25) is 0 Å². The maximum absolute atomic E-state index is 13.4. The summed E-state index contributed by atoms with van der Waals surface area (Å²) >= 11 is 6.18. The summed E-state index contributed by atoms with van der Waals surface area (Å²) in [5.74, 6) is -0.260. The average Bonchev–Trinajstić information content (AvgIpc) is 2.43. The van der Waals surface area contributed by atoms with Crippen molar-refractivity contribution in [3.63, 3.8) is 0 Å². The number of nitrogens with two attached hydrogens (primary N) is 1. The van der Waals surface area contributed by atoms with Crippen LogP contribution in [0, 0.1) is 5.82 Å². The van der Waals surface area contributed by atoms with Crippen molar-refractivity contribution in [2.75, 3.05) is 0 Å². The Morgan fingerprint density at radius 1 is 1.14 bits per heavy atom. The highest BCUT2D eigenvalue weighted by molar-refractivity contribution is 6.31. The van der Waals surface area contributed by atoms with E-state index < -0.39 is 0 Å². The first-order chi connectivity index (χ1) is 10.1. The van der Waals surface area contributed by atoms with E-state index in [1.165, 1.54) is 24.1 Å². The maximum atomic E-state index is 13.4. The van der Waals surface area contributed by atoms with Crippen LogP contribution in [0.25, 0.3) is 0 Å². The molecule has 1 atom stereocenters. The molecule has 0 aromatic heterocycles. The van der Waals surface area contributed by atoms with Gasteiger partial charge in [-0.05, 0) is 48.6 Å². The van der Waals surface area contributed by atoms with Crippen molar-refractivity contribution in [2.24, 2.45) is 5.73 Å². The quantitative estimate of drug-likeness (QED) is 0.886. The Morgan fingerprint density at radius 3 is 2.48 bits per heavy atom. The smallest absolute Gasteiger partial charge is 0.123 e. The van der Waals surface area contributed by atoms with Crippen molar-refractivity contribution in [3.05, 3.63) is 70.5 Å². The number of hydrogen-bond donors (Lipinski definition) is 1. The molecule has 2 N–H and O–H groups in total. The molecule has 1 aliphatic rings. The lowest BCUT2D eigenvalue weighted by atomic mass is 9.59. The van der Waals surface area contributed by atoms with Gasteiger partial charge >= 0.3 is 0 Å². The lowest BCUT2D eigenvalue weighted by Gasteiger charge is -2.47. The molecule has 1 saturated carbocycles. The summed E-state index contributed by atoms with van der Waals surface area (Å²) in [4.78, 5) is 0. The van der Waals surface area contributed by atoms with Crippen LogP contribution in [-0.4, -0.2) is 6.04 Å². The molecule has 21 heavy (non-hydrogen) atoms. The summed E-state index contributed by atoms with van der Waals surface area (Å²) in [7, 11) is 0. The lowest BCUT2D eigenvalue weighted by molar-refractivity contribution is 0.194. The van der Waals surface area contributed by atoms with Crippen LogP contribution in [0.3, 0.4) is 0 Å². The first-order valence-corrected chi connectivity index (χ1v) is 7.75. The zero-order valence-electron chi connectivity index (χ0n) is 11.9. The zero-order chi connectivity index (χ0) is 14.9. The molecule has 0 bridgehead atoms. The van der Waals surface area contributed by atoms with Crippen LogP contribution in [0.1, 0.15) is 30.4 Å². The SMILES string of the molecule is NC(Cc1cc(F)ccc1Cl)C1(c2ccccc2)CCC1. The first-order valence-electron chi connectivity index (χ1n) is 7.37. The summed E-state index contributed by atoms with van der Waals surface area (Å²) in [5.41, 5.74) is 8.61. The molecule has 0 amide bonds. The van der Waals surface area contributed by atoms with Crippen LogP contribution in [0.4, 0.5) is 4.39 Å². The molecule has 2 aromatic rings. The Morgan fingerprint density at radius 2 is 1.86 bits per heavy atom. The standard InChI is InChI=1S/C18H19ClFN/c19-16-8-7-15(20)11-13(16)12-17(21)18(9-4-10-18)14-5-2-1-3-6-14/h1-3,5-8,11,17H,4,9-10,12,21H2. The van der Waals surface area contributed by atoms with Gasteiger partial charge < -0.3 is 5.73 Å². The number of hydrogen-bond acceptors (Lipinski definition) is 1. The van der Waals surface area contributed by atoms with Gasteiger partial charge in [-0.15, -0.1) is 0 Å². The van der Waals surface area contributed by atoms with Crippen LogP contribution in [0.5, 0.6) is 0 Å². The van der Waals surface area contributed by atoms with Crippen LogP contribution >= 0.6 is 11.6 Å². The van der Waals surface area contributed by atoms with Gasteiger partial charge in [-0.25, -0.2) is 4.39 Å².